The number of hydrogen-bond donors (Lipinski definition) is 2. The van der Waals surface area contributed by atoms with E-state index in [-0.39, 0.29) is 17.2 Å². The summed E-state index contributed by atoms with van der Waals surface area (Å²) in [6.07, 6.45) is 2.82. The van der Waals surface area contributed by atoms with Crippen molar-refractivity contribution in [2.45, 2.75) is 33.0 Å². The Morgan fingerprint density at radius 2 is 2.03 bits per heavy atom. The molecule has 0 bridgehead atoms. The summed E-state index contributed by atoms with van der Waals surface area (Å²) in [5.41, 5.74) is 5.39. The summed E-state index contributed by atoms with van der Waals surface area (Å²) in [5.74, 6) is 1.28. The van der Waals surface area contributed by atoms with Crippen molar-refractivity contribution in [2.24, 2.45) is 0 Å². The smallest absolute Gasteiger partial charge is 0.271 e. The van der Waals surface area contributed by atoms with Gasteiger partial charge < -0.3 is 14.8 Å². The average molecular weight is 447 g/mol. The molecule has 170 valence electrons. The number of fused-ring (bicyclic) bond motifs is 2. The van der Waals surface area contributed by atoms with Crippen molar-refractivity contribution in [3.05, 3.63) is 80.5 Å². The van der Waals surface area contributed by atoms with E-state index in [1.54, 1.807) is 0 Å². The molecule has 1 amide bonds. The highest BCUT2D eigenvalue weighted by molar-refractivity contribution is 5.91. The molecule has 9 nitrogen and oxygen atoms in total. The fourth-order valence-electron chi connectivity index (χ4n) is 4.32. The number of aryl methyl sites for hydroxylation is 1. The van der Waals surface area contributed by atoms with Crippen molar-refractivity contribution in [2.75, 3.05) is 19.8 Å². The lowest BCUT2D eigenvalue weighted by atomic mass is 9.94. The normalized spacial score (nSPS) is 15.1. The number of hydrogen-bond acceptors (Lipinski definition) is 7. The molecule has 0 spiro atoms. The molecular formula is C24H25N5O4. The van der Waals surface area contributed by atoms with E-state index >= 15 is 0 Å². The van der Waals surface area contributed by atoms with Crippen molar-refractivity contribution in [1.29, 1.82) is 0 Å². The molecule has 0 atom stereocenters. The van der Waals surface area contributed by atoms with Crippen molar-refractivity contribution in [3.8, 4) is 11.5 Å². The van der Waals surface area contributed by atoms with Gasteiger partial charge in [0.15, 0.2) is 11.5 Å². The Bertz CT molecular complexity index is 1240. The van der Waals surface area contributed by atoms with Crippen LogP contribution < -0.4 is 20.3 Å². The van der Waals surface area contributed by atoms with E-state index in [0.717, 1.165) is 48.8 Å². The zero-order valence-corrected chi connectivity index (χ0v) is 18.4. The zero-order valence-electron chi connectivity index (χ0n) is 18.4. The molecule has 9 heteroatoms. The quantitative estimate of drug-likeness (QED) is 0.613. The van der Waals surface area contributed by atoms with Crippen LogP contribution in [-0.2, 0) is 26.1 Å². The molecule has 0 saturated heterocycles. The van der Waals surface area contributed by atoms with Crippen molar-refractivity contribution < 1.29 is 14.3 Å². The van der Waals surface area contributed by atoms with Gasteiger partial charge in [-0.1, -0.05) is 6.07 Å². The molecule has 4 heterocycles. The number of amides is 1. The number of ether oxygens (including phenoxy) is 2. The van der Waals surface area contributed by atoms with Crippen LogP contribution in [0.1, 0.15) is 38.4 Å². The molecule has 3 aromatic rings. The summed E-state index contributed by atoms with van der Waals surface area (Å²) in [6.45, 7) is 6.01. The Morgan fingerprint density at radius 1 is 1.18 bits per heavy atom. The molecule has 33 heavy (non-hydrogen) atoms. The number of aromatic amines is 1. The van der Waals surface area contributed by atoms with Crippen molar-refractivity contribution >= 4 is 5.91 Å². The standard InChI is InChI=1S/C24H25N5O4/c1-15-19(12-26-24(31)20-3-5-23(30)28-27-20)18-6-7-29(14-17(18)11-25-15)13-16-2-4-21-22(10-16)33-9-8-32-21/h2-5,10-11H,6-9,12-14H2,1H3,(H,26,31)(H,28,30). The molecule has 5 rings (SSSR count). The van der Waals surface area contributed by atoms with Crippen LogP contribution in [0, 0.1) is 6.92 Å². The van der Waals surface area contributed by atoms with Gasteiger partial charge in [0.05, 0.1) is 0 Å². The van der Waals surface area contributed by atoms with Gasteiger partial charge in [-0.15, -0.1) is 0 Å². The number of carbonyl (C=O) groups is 1. The molecule has 0 radical (unpaired) electrons. The van der Waals surface area contributed by atoms with Gasteiger partial charge in [0.2, 0.25) is 0 Å². The molecule has 1 aromatic carbocycles. The van der Waals surface area contributed by atoms with Crippen LogP contribution in [0.4, 0.5) is 0 Å². The third kappa shape index (κ3) is 4.58. The highest BCUT2D eigenvalue weighted by Gasteiger charge is 2.22. The second-order valence-electron chi connectivity index (χ2n) is 8.25. The first-order valence-electron chi connectivity index (χ1n) is 11.0. The topological polar surface area (TPSA) is 109 Å². The Kier molecular flexibility index (Phi) is 5.78. The van der Waals surface area contributed by atoms with Gasteiger partial charge in [-0.2, -0.15) is 5.10 Å². The van der Waals surface area contributed by atoms with E-state index in [0.29, 0.717) is 19.8 Å². The third-order valence-corrected chi connectivity index (χ3v) is 6.02. The van der Waals surface area contributed by atoms with Gasteiger partial charge in [-0.25, -0.2) is 5.10 Å². The van der Waals surface area contributed by atoms with E-state index in [2.05, 4.69) is 37.5 Å². The Morgan fingerprint density at radius 3 is 2.85 bits per heavy atom. The van der Waals surface area contributed by atoms with Crippen LogP contribution in [0.25, 0.3) is 0 Å². The van der Waals surface area contributed by atoms with Gasteiger partial charge in [0, 0.05) is 44.1 Å². The molecular weight excluding hydrogens is 422 g/mol. The average Bonchev–Trinajstić information content (AvgIpc) is 2.83. The monoisotopic (exact) mass is 447 g/mol. The van der Waals surface area contributed by atoms with E-state index in [1.807, 2.05) is 19.2 Å². The van der Waals surface area contributed by atoms with Gasteiger partial charge in [0.1, 0.15) is 18.9 Å². The maximum atomic E-state index is 12.4. The van der Waals surface area contributed by atoms with Gasteiger partial charge in [-0.3, -0.25) is 19.5 Å². The molecule has 2 aliphatic rings. The number of benzene rings is 1. The summed E-state index contributed by atoms with van der Waals surface area (Å²) >= 11 is 0. The molecule has 2 aliphatic heterocycles. The van der Waals surface area contributed by atoms with Crippen LogP contribution in [0.3, 0.4) is 0 Å². The van der Waals surface area contributed by atoms with Crippen LogP contribution in [0.2, 0.25) is 0 Å². The van der Waals surface area contributed by atoms with E-state index in [4.69, 9.17) is 9.47 Å². The number of rotatable bonds is 5. The summed E-state index contributed by atoms with van der Waals surface area (Å²) in [6, 6.07) is 8.82. The van der Waals surface area contributed by atoms with E-state index in [9.17, 15) is 9.59 Å². The fraction of sp³-hybridized carbons (Fsp3) is 0.333. The minimum absolute atomic E-state index is 0.176. The first-order valence-corrected chi connectivity index (χ1v) is 11.0. The molecule has 0 saturated carbocycles. The maximum Gasteiger partial charge on any atom is 0.271 e. The molecule has 0 aliphatic carbocycles. The maximum absolute atomic E-state index is 12.4. The second kappa shape index (κ2) is 9.03. The SMILES string of the molecule is Cc1ncc2c(c1CNC(=O)c1ccc(=O)[nH]n1)CCN(Cc1ccc3c(c1)OCCO3)C2. The number of aromatic nitrogens is 3. The number of nitrogens with zero attached hydrogens (tertiary/aromatic N) is 3. The number of pyridine rings is 1. The lowest BCUT2D eigenvalue weighted by molar-refractivity contribution is 0.0944. The van der Waals surface area contributed by atoms with Crippen LogP contribution in [0.15, 0.2) is 41.3 Å². The minimum Gasteiger partial charge on any atom is -0.486 e. The Hall–Kier alpha value is -3.72. The first kappa shape index (κ1) is 21.1. The highest BCUT2D eigenvalue weighted by atomic mass is 16.6. The summed E-state index contributed by atoms with van der Waals surface area (Å²) < 4.78 is 11.3. The van der Waals surface area contributed by atoms with E-state index < -0.39 is 0 Å². The zero-order chi connectivity index (χ0) is 22.8. The lowest BCUT2D eigenvalue weighted by Crippen LogP contribution is -2.32. The van der Waals surface area contributed by atoms with Crippen molar-refractivity contribution in [1.82, 2.24) is 25.4 Å². The number of H-pyrrole nitrogens is 1. The summed E-state index contributed by atoms with van der Waals surface area (Å²) in [7, 11) is 0. The largest absolute Gasteiger partial charge is 0.486 e. The van der Waals surface area contributed by atoms with Gasteiger partial charge in [-0.05, 0) is 53.8 Å². The third-order valence-electron chi connectivity index (χ3n) is 6.02. The minimum atomic E-state index is -0.343. The fourth-order valence-corrected chi connectivity index (χ4v) is 4.32. The summed E-state index contributed by atoms with van der Waals surface area (Å²) in [5, 5.41) is 8.97. The molecule has 2 N–H and O–H groups in total. The first-order chi connectivity index (χ1) is 16.1. The number of carbonyl (C=O) groups excluding carboxylic acids is 1. The Balaban J connectivity index is 1.27. The van der Waals surface area contributed by atoms with Crippen LogP contribution >= 0.6 is 0 Å². The molecule has 2 aromatic heterocycles. The molecule has 0 unspecified atom stereocenters. The predicted molar refractivity (Wildman–Crippen MR) is 120 cm³/mol. The van der Waals surface area contributed by atoms with Crippen LogP contribution in [0.5, 0.6) is 11.5 Å². The lowest BCUT2D eigenvalue weighted by Gasteiger charge is -2.30. The highest BCUT2D eigenvalue weighted by Crippen LogP contribution is 2.32. The molecule has 0 fully saturated rings. The van der Waals surface area contributed by atoms with Crippen molar-refractivity contribution in [3.63, 3.8) is 0 Å². The number of nitrogens with one attached hydrogen (secondary N) is 2. The second-order valence-corrected chi connectivity index (χ2v) is 8.25. The van der Waals surface area contributed by atoms with Crippen LogP contribution in [-0.4, -0.2) is 45.7 Å². The van der Waals surface area contributed by atoms with Gasteiger partial charge >= 0.3 is 0 Å². The summed E-state index contributed by atoms with van der Waals surface area (Å²) in [4.78, 5) is 30.5. The Labute approximate surface area is 190 Å². The predicted octanol–water partition coefficient (Wildman–Crippen LogP) is 1.73. The van der Waals surface area contributed by atoms with E-state index in [1.165, 1.54) is 28.8 Å². The van der Waals surface area contributed by atoms with Gasteiger partial charge in [0.25, 0.3) is 11.5 Å².